The third-order valence-corrected chi connectivity index (χ3v) is 3.42. The summed E-state index contributed by atoms with van der Waals surface area (Å²) in [7, 11) is 0. The standard InChI is InChI=1S/C17H23N5/c1-12(2)10-19-17(18)20-11-16-13(3)21-22(14(16)4)15-8-6-5-7-9-15/h5-9H,1,10-11H2,2-4H3,(H3,18,19,20). The summed E-state index contributed by atoms with van der Waals surface area (Å²) in [4.78, 5) is 4.38. The zero-order valence-corrected chi connectivity index (χ0v) is 13.4. The van der Waals surface area contributed by atoms with Crippen molar-refractivity contribution >= 4 is 5.96 Å². The van der Waals surface area contributed by atoms with Crippen LogP contribution < -0.4 is 11.1 Å². The van der Waals surface area contributed by atoms with Gasteiger partial charge in [0, 0.05) is 17.8 Å². The van der Waals surface area contributed by atoms with Gasteiger partial charge in [-0.25, -0.2) is 9.67 Å². The van der Waals surface area contributed by atoms with Gasteiger partial charge in [0.1, 0.15) is 0 Å². The molecule has 0 aliphatic rings. The topological polar surface area (TPSA) is 68.2 Å². The summed E-state index contributed by atoms with van der Waals surface area (Å²) >= 11 is 0. The molecule has 1 heterocycles. The maximum atomic E-state index is 5.86. The van der Waals surface area contributed by atoms with E-state index in [1.807, 2.05) is 48.9 Å². The van der Waals surface area contributed by atoms with Gasteiger partial charge in [-0.15, -0.1) is 0 Å². The molecule has 0 atom stereocenters. The minimum Gasteiger partial charge on any atom is -0.370 e. The third kappa shape index (κ3) is 3.75. The molecule has 2 aromatic rings. The summed E-state index contributed by atoms with van der Waals surface area (Å²) in [5.74, 6) is 0.425. The lowest BCUT2D eigenvalue weighted by Crippen LogP contribution is -2.32. The minimum atomic E-state index is 0.425. The molecule has 0 fully saturated rings. The highest BCUT2D eigenvalue weighted by Crippen LogP contribution is 2.18. The van der Waals surface area contributed by atoms with Gasteiger partial charge in [0.2, 0.25) is 0 Å². The van der Waals surface area contributed by atoms with Crippen LogP contribution in [0.1, 0.15) is 23.9 Å². The molecule has 5 nitrogen and oxygen atoms in total. The summed E-state index contributed by atoms with van der Waals surface area (Å²) in [6, 6.07) is 10.1. The van der Waals surface area contributed by atoms with Crippen LogP contribution >= 0.6 is 0 Å². The molecule has 2 rings (SSSR count). The molecule has 0 aliphatic carbocycles. The van der Waals surface area contributed by atoms with Crippen LogP contribution in [0.15, 0.2) is 47.5 Å². The maximum absolute atomic E-state index is 5.86. The van der Waals surface area contributed by atoms with Crippen molar-refractivity contribution in [2.45, 2.75) is 27.3 Å². The Hall–Kier alpha value is -2.56. The lowest BCUT2D eigenvalue weighted by Gasteiger charge is -2.06. The van der Waals surface area contributed by atoms with Crippen LogP contribution in [0.5, 0.6) is 0 Å². The van der Waals surface area contributed by atoms with Crippen molar-refractivity contribution in [1.29, 1.82) is 0 Å². The van der Waals surface area contributed by atoms with E-state index in [0.29, 0.717) is 19.0 Å². The van der Waals surface area contributed by atoms with Crippen LogP contribution in [0.3, 0.4) is 0 Å². The Kier molecular flexibility index (Phi) is 4.99. The van der Waals surface area contributed by atoms with Crippen molar-refractivity contribution in [2.24, 2.45) is 10.7 Å². The van der Waals surface area contributed by atoms with Crippen LogP contribution in [-0.2, 0) is 6.54 Å². The zero-order valence-electron chi connectivity index (χ0n) is 13.4. The summed E-state index contributed by atoms with van der Waals surface area (Å²) in [5.41, 5.74) is 11.1. The summed E-state index contributed by atoms with van der Waals surface area (Å²) in [6.45, 7) is 11.0. The number of guanidine groups is 1. The summed E-state index contributed by atoms with van der Waals surface area (Å²) in [6.07, 6.45) is 0. The molecule has 0 bridgehead atoms. The molecule has 22 heavy (non-hydrogen) atoms. The average molecular weight is 297 g/mol. The number of benzene rings is 1. The SMILES string of the molecule is C=C(C)CNC(N)=NCc1c(C)nn(-c2ccccc2)c1C. The molecule has 116 valence electrons. The van der Waals surface area contributed by atoms with Gasteiger partial charge in [0.25, 0.3) is 0 Å². The number of aliphatic imine (C=N–C) groups is 1. The zero-order chi connectivity index (χ0) is 16.1. The molecule has 5 heteroatoms. The fraction of sp³-hybridized carbons (Fsp3) is 0.294. The lowest BCUT2D eigenvalue weighted by molar-refractivity contribution is 0.832. The van der Waals surface area contributed by atoms with E-state index in [2.05, 4.69) is 28.9 Å². The number of para-hydroxylation sites is 1. The Morgan fingerprint density at radius 3 is 2.64 bits per heavy atom. The molecule has 3 N–H and O–H groups in total. The fourth-order valence-electron chi connectivity index (χ4n) is 2.19. The Bertz CT molecular complexity index is 683. The van der Waals surface area contributed by atoms with Crippen molar-refractivity contribution in [3.63, 3.8) is 0 Å². The fourth-order valence-corrected chi connectivity index (χ4v) is 2.19. The van der Waals surface area contributed by atoms with Crippen LogP contribution in [0.2, 0.25) is 0 Å². The van der Waals surface area contributed by atoms with Crippen molar-refractivity contribution < 1.29 is 0 Å². The maximum Gasteiger partial charge on any atom is 0.189 e. The molecule has 1 aromatic heterocycles. The average Bonchev–Trinajstić information content (AvgIpc) is 2.79. The highest BCUT2D eigenvalue weighted by Gasteiger charge is 2.12. The first-order chi connectivity index (χ1) is 10.5. The Labute approximate surface area is 131 Å². The van der Waals surface area contributed by atoms with Gasteiger partial charge >= 0.3 is 0 Å². The molecule has 0 spiro atoms. The summed E-state index contributed by atoms with van der Waals surface area (Å²) in [5, 5.41) is 7.64. The van der Waals surface area contributed by atoms with Crippen LogP contribution in [0.25, 0.3) is 5.69 Å². The van der Waals surface area contributed by atoms with E-state index < -0.39 is 0 Å². The normalized spacial score (nSPS) is 11.5. The molecule has 0 radical (unpaired) electrons. The van der Waals surface area contributed by atoms with E-state index in [4.69, 9.17) is 5.73 Å². The molecule has 0 unspecified atom stereocenters. The minimum absolute atomic E-state index is 0.425. The molecule has 0 amide bonds. The second-order valence-corrected chi connectivity index (χ2v) is 5.41. The van der Waals surface area contributed by atoms with Gasteiger partial charge in [0.15, 0.2) is 5.96 Å². The number of nitrogens with one attached hydrogen (secondary N) is 1. The number of nitrogens with zero attached hydrogens (tertiary/aromatic N) is 3. The van der Waals surface area contributed by atoms with Gasteiger partial charge in [-0.05, 0) is 32.9 Å². The number of rotatable bonds is 5. The molecular weight excluding hydrogens is 274 g/mol. The monoisotopic (exact) mass is 297 g/mol. The first kappa shape index (κ1) is 15.8. The van der Waals surface area contributed by atoms with Gasteiger partial charge in [-0.1, -0.05) is 30.4 Å². The van der Waals surface area contributed by atoms with Crippen molar-refractivity contribution in [1.82, 2.24) is 15.1 Å². The predicted octanol–water partition coefficient (Wildman–Crippen LogP) is 2.47. The quantitative estimate of drug-likeness (QED) is 0.506. The summed E-state index contributed by atoms with van der Waals surface area (Å²) < 4.78 is 1.94. The van der Waals surface area contributed by atoms with Crippen LogP contribution in [0, 0.1) is 13.8 Å². The number of nitrogens with two attached hydrogens (primary N) is 1. The van der Waals surface area contributed by atoms with Crippen molar-refractivity contribution in [2.75, 3.05) is 6.54 Å². The van der Waals surface area contributed by atoms with Crippen LogP contribution in [0.4, 0.5) is 0 Å². The smallest absolute Gasteiger partial charge is 0.189 e. The van der Waals surface area contributed by atoms with E-state index in [1.165, 1.54) is 0 Å². The molecule has 0 saturated carbocycles. The van der Waals surface area contributed by atoms with E-state index in [0.717, 1.165) is 28.2 Å². The predicted molar refractivity (Wildman–Crippen MR) is 91.2 cm³/mol. The van der Waals surface area contributed by atoms with E-state index in [-0.39, 0.29) is 0 Å². The third-order valence-electron chi connectivity index (χ3n) is 3.42. The van der Waals surface area contributed by atoms with Crippen molar-refractivity contribution in [3.05, 3.63) is 59.4 Å². The van der Waals surface area contributed by atoms with E-state index in [9.17, 15) is 0 Å². The second-order valence-electron chi connectivity index (χ2n) is 5.41. The lowest BCUT2D eigenvalue weighted by atomic mass is 10.2. The number of aromatic nitrogens is 2. The van der Waals surface area contributed by atoms with Gasteiger partial charge in [0.05, 0.1) is 17.9 Å². The molecular formula is C17H23N5. The van der Waals surface area contributed by atoms with Gasteiger partial charge in [-0.3, -0.25) is 0 Å². The molecule has 0 saturated heterocycles. The second kappa shape index (κ2) is 6.93. The van der Waals surface area contributed by atoms with E-state index in [1.54, 1.807) is 0 Å². The first-order valence-electron chi connectivity index (χ1n) is 7.27. The molecule has 0 aliphatic heterocycles. The first-order valence-corrected chi connectivity index (χ1v) is 7.27. The van der Waals surface area contributed by atoms with Crippen molar-refractivity contribution in [3.8, 4) is 5.69 Å². The number of hydrogen-bond acceptors (Lipinski definition) is 2. The Morgan fingerprint density at radius 2 is 2.00 bits per heavy atom. The number of hydrogen-bond donors (Lipinski definition) is 2. The molecule has 1 aromatic carbocycles. The highest BCUT2D eigenvalue weighted by atomic mass is 15.3. The van der Waals surface area contributed by atoms with Crippen LogP contribution in [-0.4, -0.2) is 22.3 Å². The Balaban J connectivity index is 2.17. The van der Waals surface area contributed by atoms with Gasteiger partial charge < -0.3 is 11.1 Å². The number of aryl methyl sites for hydroxylation is 1. The van der Waals surface area contributed by atoms with E-state index >= 15 is 0 Å². The Morgan fingerprint density at radius 1 is 1.32 bits per heavy atom. The van der Waals surface area contributed by atoms with Gasteiger partial charge in [-0.2, -0.15) is 5.10 Å². The largest absolute Gasteiger partial charge is 0.370 e. The highest BCUT2D eigenvalue weighted by molar-refractivity contribution is 5.78.